The molecule has 1 aliphatic heterocycles. The topological polar surface area (TPSA) is 49.0 Å². The van der Waals surface area contributed by atoms with E-state index in [9.17, 15) is 4.79 Å². The molecule has 19 heavy (non-hydrogen) atoms. The SMILES string of the molecule is O=C(C[C@H]1C=CCC1)N1CCC[C@@H](c2ccn[nH]2)C1. The van der Waals surface area contributed by atoms with Gasteiger partial charge in [-0.2, -0.15) is 5.10 Å². The standard InChI is InChI=1S/C15H21N3O/c19-15(10-12-4-1-2-5-12)18-9-3-6-13(11-18)14-7-8-16-17-14/h1,4,7-8,12-13H,2-3,5-6,9-11H2,(H,16,17)/t12-,13+/m0/s1. The molecule has 1 fully saturated rings. The lowest BCUT2D eigenvalue weighted by atomic mass is 9.94. The van der Waals surface area contributed by atoms with Crippen molar-refractivity contribution < 1.29 is 4.79 Å². The molecule has 1 aromatic rings. The zero-order chi connectivity index (χ0) is 13.1. The van der Waals surface area contributed by atoms with Crippen LogP contribution in [0.25, 0.3) is 0 Å². The fraction of sp³-hybridized carbons (Fsp3) is 0.600. The van der Waals surface area contributed by atoms with Gasteiger partial charge in [0, 0.05) is 37.3 Å². The number of rotatable bonds is 3. The Kier molecular flexibility index (Phi) is 3.67. The Morgan fingerprint density at radius 3 is 3.16 bits per heavy atom. The van der Waals surface area contributed by atoms with Crippen LogP contribution in [0.4, 0.5) is 0 Å². The molecule has 2 atom stereocenters. The van der Waals surface area contributed by atoms with E-state index in [0.717, 1.165) is 38.8 Å². The van der Waals surface area contributed by atoms with Crippen molar-refractivity contribution in [2.24, 2.45) is 5.92 Å². The number of hydrogen-bond donors (Lipinski definition) is 1. The summed E-state index contributed by atoms with van der Waals surface area (Å²) in [5.41, 5.74) is 1.17. The number of carbonyl (C=O) groups excluding carboxylic acids is 1. The Morgan fingerprint density at radius 1 is 1.47 bits per heavy atom. The number of carbonyl (C=O) groups is 1. The number of nitrogens with zero attached hydrogens (tertiary/aromatic N) is 2. The van der Waals surface area contributed by atoms with Crippen LogP contribution in [0, 0.1) is 5.92 Å². The summed E-state index contributed by atoms with van der Waals surface area (Å²) in [5, 5.41) is 7.05. The van der Waals surface area contributed by atoms with Crippen LogP contribution in [0.2, 0.25) is 0 Å². The maximum absolute atomic E-state index is 12.3. The number of H-pyrrole nitrogens is 1. The number of aromatic amines is 1. The number of likely N-dealkylation sites (tertiary alicyclic amines) is 1. The quantitative estimate of drug-likeness (QED) is 0.848. The van der Waals surface area contributed by atoms with Crippen molar-refractivity contribution in [3.63, 3.8) is 0 Å². The molecule has 1 amide bonds. The highest BCUT2D eigenvalue weighted by atomic mass is 16.2. The van der Waals surface area contributed by atoms with Crippen molar-refractivity contribution >= 4 is 5.91 Å². The smallest absolute Gasteiger partial charge is 0.223 e. The van der Waals surface area contributed by atoms with Crippen molar-refractivity contribution in [3.8, 4) is 0 Å². The van der Waals surface area contributed by atoms with Gasteiger partial charge >= 0.3 is 0 Å². The summed E-state index contributed by atoms with van der Waals surface area (Å²) in [7, 11) is 0. The van der Waals surface area contributed by atoms with E-state index >= 15 is 0 Å². The predicted octanol–water partition coefficient (Wildman–Crippen LogP) is 2.47. The lowest BCUT2D eigenvalue weighted by Gasteiger charge is -2.32. The normalized spacial score (nSPS) is 26.8. The highest BCUT2D eigenvalue weighted by Crippen LogP contribution is 2.27. The third kappa shape index (κ3) is 2.88. The second-order valence-corrected chi connectivity index (χ2v) is 5.66. The first-order valence-corrected chi connectivity index (χ1v) is 7.26. The molecule has 1 N–H and O–H groups in total. The zero-order valence-corrected chi connectivity index (χ0v) is 11.2. The fourth-order valence-corrected chi connectivity index (χ4v) is 3.17. The molecule has 0 saturated carbocycles. The summed E-state index contributed by atoms with van der Waals surface area (Å²) in [5.74, 6) is 1.22. The van der Waals surface area contributed by atoms with E-state index in [1.165, 1.54) is 5.69 Å². The molecule has 4 nitrogen and oxygen atoms in total. The largest absolute Gasteiger partial charge is 0.342 e. The predicted molar refractivity (Wildman–Crippen MR) is 73.6 cm³/mol. The van der Waals surface area contributed by atoms with Crippen LogP contribution in [0.3, 0.4) is 0 Å². The highest BCUT2D eigenvalue weighted by Gasteiger charge is 2.26. The molecule has 0 radical (unpaired) electrons. The summed E-state index contributed by atoms with van der Waals surface area (Å²) in [6.07, 6.45) is 11.4. The van der Waals surface area contributed by atoms with Gasteiger partial charge in [0.05, 0.1) is 0 Å². The monoisotopic (exact) mass is 259 g/mol. The second-order valence-electron chi connectivity index (χ2n) is 5.66. The molecule has 102 valence electrons. The molecular formula is C15H21N3O. The summed E-state index contributed by atoms with van der Waals surface area (Å²) < 4.78 is 0. The van der Waals surface area contributed by atoms with E-state index in [2.05, 4.69) is 22.3 Å². The summed E-state index contributed by atoms with van der Waals surface area (Å²) in [6.45, 7) is 1.76. The molecule has 1 aromatic heterocycles. The van der Waals surface area contributed by atoms with Crippen LogP contribution in [-0.2, 0) is 4.79 Å². The molecule has 0 spiro atoms. The third-order valence-corrected chi connectivity index (χ3v) is 4.29. The summed E-state index contributed by atoms with van der Waals surface area (Å²) in [6, 6.07) is 2.03. The lowest BCUT2D eigenvalue weighted by Crippen LogP contribution is -2.39. The molecule has 1 aliphatic carbocycles. The molecule has 1 saturated heterocycles. The molecule has 2 heterocycles. The number of nitrogens with one attached hydrogen (secondary N) is 1. The van der Waals surface area contributed by atoms with E-state index in [0.29, 0.717) is 24.2 Å². The molecule has 4 heteroatoms. The van der Waals surface area contributed by atoms with Gasteiger partial charge in [-0.05, 0) is 37.7 Å². The Balaban J connectivity index is 1.58. The van der Waals surface area contributed by atoms with Crippen molar-refractivity contribution in [2.75, 3.05) is 13.1 Å². The van der Waals surface area contributed by atoms with Gasteiger partial charge in [-0.3, -0.25) is 9.89 Å². The average Bonchev–Trinajstić information content (AvgIpc) is 3.12. The number of piperidine rings is 1. The molecule has 3 rings (SSSR count). The number of aromatic nitrogens is 2. The maximum atomic E-state index is 12.3. The van der Waals surface area contributed by atoms with Crippen LogP contribution in [0.15, 0.2) is 24.4 Å². The number of amides is 1. The Hall–Kier alpha value is -1.58. The van der Waals surface area contributed by atoms with E-state index in [1.54, 1.807) is 6.20 Å². The van der Waals surface area contributed by atoms with E-state index in [-0.39, 0.29) is 0 Å². The average molecular weight is 259 g/mol. The number of allylic oxidation sites excluding steroid dienone is 2. The Morgan fingerprint density at radius 2 is 2.42 bits per heavy atom. The minimum Gasteiger partial charge on any atom is -0.342 e. The van der Waals surface area contributed by atoms with Crippen molar-refractivity contribution in [2.45, 2.75) is 38.0 Å². The van der Waals surface area contributed by atoms with Gasteiger partial charge in [-0.25, -0.2) is 0 Å². The van der Waals surface area contributed by atoms with Crippen molar-refractivity contribution in [1.29, 1.82) is 0 Å². The van der Waals surface area contributed by atoms with Gasteiger partial charge in [-0.15, -0.1) is 0 Å². The van der Waals surface area contributed by atoms with Gasteiger partial charge in [-0.1, -0.05) is 12.2 Å². The summed E-state index contributed by atoms with van der Waals surface area (Å²) >= 11 is 0. The van der Waals surface area contributed by atoms with E-state index < -0.39 is 0 Å². The first-order valence-electron chi connectivity index (χ1n) is 7.26. The highest BCUT2D eigenvalue weighted by molar-refractivity contribution is 5.77. The van der Waals surface area contributed by atoms with Crippen LogP contribution >= 0.6 is 0 Å². The third-order valence-electron chi connectivity index (χ3n) is 4.29. The van der Waals surface area contributed by atoms with Gasteiger partial charge in [0.1, 0.15) is 0 Å². The van der Waals surface area contributed by atoms with Crippen LogP contribution in [-0.4, -0.2) is 34.1 Å². The Labute approximate surface area is 113 Å². The second kappa shape index (κ2) is 5.59. The van der Waals surface area contributed by atoms with Crippen molar-refractivity contribution in [1.82, 2.24) is 15.1 Å². The van der Waals surface area contributed by atoms with Crippen molar-refractivity contribution in [3.05, 3.63) is 30.1 Å². The van der Waals surface area contributed by atoms with Crippen LogP contribution < -0.4 is 0 Å². The van der Waals surface area contributed by atoms with E-state index in [1.807, 2.05) is 11.0 Å². The summed E-state index contributed by atoms with van der Waals surface area (Å²) in [4.78, 5) is 14.4. The van der Waals surface area contributed by atoms with Crippen LogP contribution in [0.5, 0.6) is 0 Å². The maximum Gasteiger partial charge on any atom is 0.223 e. The minimum absolute atomic E-state index is 0.320. The molecule has 0 aromatic carbocycles. The first-order chi connectivity index (χ1) is 9.33. The fourth-order valence-electron chi connectivity index (χ4n) is 3.17. The van der Waals surface area contributed by atoms with Crippen LogP contribution in [0.1, 0.15) is 43.7 Å². The van der Waals surface area contributed by atoms with Gasteiger partial charge in [0.15, 0.2) is 0 Å². The van der Waals surface area contributed by atoms with Gasteiger partial charge in [0.2, 0.25) is 5.91 Å². The van der Waals surface area contributed by atoms with Gasteiger partial charge < -0.3 is 4.90 Å². The molecule has 2 aliphatic rings. The zero-order valence-electron chi connectivity index (χ0n) is 11.2. The molecular weight excluding hydrogens is 238 g/mol. The van der Waals surface area contributed by atoms with E-state index in [4.69, 9.17) is 0 Å². The minimum atomic E-state index is 0.320. The van der Waals surface area contributed by atoms with Gasteiger partial charge in [0.25, 0.3) is 0 Å². The number of hydrogen-bond acceptors (Lipinski definition) is 2. The molecule has 0 unspecified atom stereocenters. The first kappa shape index (κ1) is 12.5. The molecule has 0 bridgehead atoms. The Bertz CT molecular complexity index is 452. The lowest BCUT2D eigenvalue weighted by molar-refractivity contribution is -0.133.